The van der Waals surface area contributed by atoms with Crippen LogP contribution in [0.4, 0.5) is 0 Å². The van der Waals surface area contributed by atoms with Gasteiger partial charge < -0.3 is 15.0 Å². The first-order valence-corrected chi connectivity index (χ1v) is 6.77. The summed E-state index contributed by atoms with van der Waals surface area (Å²) < 4.78 is 2.30. The lowest BCUT2D eigenvalue weighted by Crippen LogP contribution is -2.28. The van der Waals surface area contributed by atoms with Crippen LogP contribution in [0.5, 0.6) is 0 Å². The van der Waals surface area contributed by atoms with E-state index in [1.807, 2.05) is 6.20 Å². The van der Waals surface area contributed by atoms with Gasteiger partial charge in [-0.05, 0) is 38.6 Å². The molecule has 0 bridgehead atoms. The van der Waals surface area contributed by atoms with Crippen molar-refractivity contribution in [3.05, 3.63) is 17.7 Å². The first-order chi connectivity index (χ1) is 8.38. The Hall–Kier alpha value is -0.870. The van der Waals surface area contributed by atoms with E-state index in [0.717, 1.165) is 31.6 Å². The fraction of sp³-hybridized carbons (Fsp3) is 0.769. The van der Waals surface area contributed by atoms with E-state index in [0.29, 0.717) is 6.04 Å². The van der Waals surface area contributed by atoms with E-state index in [1.165, 1.54) is 25.0 Å². The standard InChI is InChI=1S/C13H21N3O/c17-9-12-5-1-4-11-8-15-13(16(11)12)7-10-3-2-6-14-10/h8,10,12,14,17H,1-7,9H2. The third-order valence-corrected chi connectivity index (χ3v) is 4.09. The number of hydrogen-bond acceptors (Lipinski definition) is 3. The summed E-state index contributed by atoms with van der Waals surface area (Å²) in [5, 5.41) is 13.0. The van der Waals surface area contributed by atoms with Crippen LogP contribution in [-0.4, -0.2) is 33.9 Å². The Kier molecular flexibility index (Phi) is 3.16. The van der Waals surface area contributed by atoms with Crippen molar-refractivity contribution >= 4 is 0 Å². The summed E-state index contributed by atoms with van der Waals surface area (Å²) in [6.45, 7) is 1.39. The summed E-state index contributed by atoms with van der Waals surface area (Å²) in [6.07, 6.45) is 8.93. The minimum absolute atomic E-state index is 0.244. The van der Waals surface area contributed by atoms with E-state index >= 15 is 0 Å². The lowest BCUT2D eigenvalue weighted by Gasteiger charge is -2.26. The molecule has 2 atom stereocenters. The average molecular weight is 235 g/mol. The van der Waals surface area contributed by atoms with Gasteiger partial charge in [0.25, 0.3) is 0 Å². The number of aromatic nitrogens is 2. The van der Waals surface area contributed by atoms with Gasteiger partial charge in [0.15, 0.2) is 0 Å². The summed E-state index contributed by atoms with van der Waals surface area (Å²) in [7, 11) is 0. The van der Waals surface area contributed by atoms with Crippen LogP contribution in [0.25, 0.3) is 0 Å². The van der Waals surface area contributed by atoms with Gasteiger partial charge in [0.2, 0.25) is 0 Å². The maximum Gasteiger partial charge on any atom is 0.110 e. The molecule has 2 aliphatic rings. The van der Waals surface area contributed by atoms with Crippen molar-refractivity contribution in [1.29, 1.82) is 0 Å². The van der Waals surface area contributed by atoms with Crippen LogP contribution in [0.1, 0.15) is 43.2 Å². The molecule has 0 saturated carbocycles. The molecule has 2 N–H and O–H groups in total. The highest BCUT2D eigenvalue weighted by Gasteiger charge is 2.24. The first-order valence-electron chi connectivity index (χ1n) is 6.77. The molecule has 0 aliphatic carbocycles. The number of hydrogen-bond donors (Lipinski definition) is 2. The maximum atomic E-state index is 9.48. The molecule has 0 aromatic carbocycles. The molecule has 94 valence electrons. The number of nitrogens with one attached hydrogen (secondary N) is 1. The van der Waals surface area contributed by atoms with E-state index in [1.54, 1.807) is 0 Å². The van der Waals surface area contributed by atoms with Crippen LogP contribution in [0.15, 0.2) is 6.20 Å². The lowest BCUT2D eigenvalue weighted by atomic mass is 10.0. The van der Waals surface area contributed by atoms with E-state index in [2.05, 4.69) is 14.9 Å². The molecule has 0 radical (unpaired) electrons. The zero-order valence-corrected chi connectivity index (χ0v) is 10.2. The number of imidazole rings is 1. The number of rotatable bonds is 3. The average Bonchev–Trinajstić information content (AvgIpc) is 2.99. The predicted molar refractivity (Wildman–Crippen MR) is 66.0 cm³/mol. The van der Waals surface area contributed by atoms with Crippen molar-refractivity contribution in [3.8, 4) is 0 Å². The quantitative estimate of drug-likeness (QED) is 0.823. The van der Waals surface area contributed by atoms with Gasteiger partial charge in [0.1, 0.15) is 5.82 Å². The number of aliphatic hydroxyl groups is 1. The van der Waals surface area contributed by atoms with Gasteiger partial charge >= 0.3 is 0 Å². The predicted octanol–water partition coefficient (Wildman–Crippen LogP) is 1.05. The molecule has 1 aromatic heterocycles. The topological polar surface area (TPSA) is 50.1 Å². The largest absolute Gasteiger partial charge is 0.394 e. The van der Waals surface area contributed by atoms with Crippen LogP contribution in [0.3, 0.4) is 0 Å². The maximum absolute atomic E-state index is 9.48. The van der Waals surface area contributed by atoms with Gasteiger partial charge in [-0.25, -0.2) is 4.98 Å². The number of aryl methyl sites for hydroxylation is 1. The normalized spacial score (nSPS) is 28.3. The van der Waals surface area contributed by atoms with Crippen molar-refractivity contribution in [2.45, 2.75) is 50.6 Å². The minimum atomic E-state index is 0.244. The van der Waals surface area contributed by atoms with Crippen LogP contribution in [0.2, 0.25) is 0 Å². The Morgan fingerprint density at radius 1 is 1.41 bits per heavy atom. The Bertz CT molecular complexity index is 382. The molecule has 2 aliphatic heterocycles. The minimum Gasteiger partial charge on any atom is -0.394 e. The molecular formula is C13H21N3O. The van der Waals surface area contributed by atoms with E-state index in [-0.39, 0.29) is 12.6 Å². The third kappa shape index (κ3) is 2.11. The van der Waals surface area contributed by atoms with Crippen molar-refractivity contribution in [2.24, 2.45) is 0 Å². The van der Waals surface area contributed by atoms with E-state index < -0.39 is 0 Å². The summed E-state index contributed by atoms with van der Waals surface area (Å²) in [5.41, 5.74) is 1.31. The molecule has 2 unspecified atom stereocenters. The lowest BCUT2D eigenvalue weighted by molar-refractivity contribution is 0.203. The van der Waals surface area contributed by atoms with Gasteiger partial charge in [0, 0.05) is 24.4 Å². The first kappa shape index (κ1) is 11.2. The zero-order chi connectivity index (χ0) is 11.7. The zero-order valence-electron chi connectivity index (χ0n) is 10.2. The molecule has 1 fully saturated rings. The van der Waals surface area contributed by atoms with Gasteiger partial charge in [-0.2, -0.15) is 0 Å². The van der Waals surface area contributed by atoms with Gasteiger partial charge in [-0.3, -0.25) is 0 Å². The number of nitrogens with zero attached hydrogens (tertiary/aromatic N) is 2. The second kappa shape index (κ2) is 4.78. The molecule has 0 spiro atoms. The fourth-order valence-corrected chi connectivity index (χ4v) is 3.19. The van der Waals surface area contributed by atoms with Crippen LogP contribution < -0.4 is 5.32 Å². The van der Waals surface area contributed by atoms with Crippen molar-refractivity contribution in [1.82, 2.24) is 14.9 Å². The Morgan fingerprint density at radius 2 is 2.35 bits per heavy atom. The monoisotopic (exact) mass is 235 g/mol. The molecular weight excluding hydrogens is 214 g/mol. The third-order valence-electron chi connectivity index (χ3n) is 4.09. The molecule has 17 heavy (non-hydrogen) atoms. The van der Waals surface area contributed by atoms with E-state index in [4.69, 9.17) is 0 Å². The van der Waals surface area contributed by atoms with E-state index in [9.17, 15) is 5.11 Å². The molecule has 0 amide bonds. The summed E-state index contributed by atoms with van der Waals surface area (Å²) in [5.74, 6) is 1.16. The highest BCUT2D eigenvalue weighted by molar-refractivity contribution is 5.11. The van der Waals surface area contributed by atoms with Gasteiger partial charge in [-0.1, -0.05) is 0 Å². The van der Waals surface area contributed by atoms with Gasteiger partial charge in [-0.15, -0.1) is 0 Å². The molecule has 4 nitrogen and oxygen atoms in total. The van der Waals surface area contributed by atoms with Crippen LogP contribution in [-0.2, 0) is 12.8 Å². The highest BCUT2D eigenvalue weighted by atomic mass is 16.3. The molecule has 3 rings (SSSR count). The second-order valence-electron chi connectivity index (χ2n) is 5.26. The van der Waals surface area contributed by atoms with Gasteiger partial charge in [0.05, 0.1) is 12.6 Å². The molecule has 1 aromatic rings. The molecule has 3 heterocycles. The van der Waals surface area contributed by atoms with Crippen molar-refractivity contribution in [3.63, 3.8) is 0 Å². The van der Waals surface area contributed by atoms with Crippen molar-refractivity contribution < 1.29 is 5.11 Å². The van der Waals surface area contributed by atoms with Crippen LogP contribution in [0, 0.1) is 0 Å². The fourth-order valence-electron chi connectivity index (χ4n) is 3.19. The van der Waals surface area contributed by atoms with Crippen molar-refractivity contribution in [2.75, 3.05) is 13.2 Å². The number of fused-ring (bicyclic) bond motifs is 1. The Morgan fingerprint density at radius 3 is 3.12 bits per heavy atom. The SMILES string of the molecule is OCC1CCCc2cnc(CC3CCCN3)n21. The Labute approximate surface area is 102 Å². The number of aliphatic hydroxyl groups excluding tert-OH is 1. The molecule has 1 saturated heterocycles. The smallest absolute Gasteiger partial charge is 0.110 e. The summed E-state index contributed by atoms with van der Waals surface area (Å²) >= 11 is 0. The summed E-state index contributed by atoms with van der Waals surface area (Å²) in [4.78, 5) is 4.57. The molecule has 4 heteroatoms. The highest BCUT2D eigenvalue weighted by Crippen LogP contribution is 2.27. The summed E-state index contributed by atoms with van der Waals surface area (Å²) in [6, 6.07) is 0.848. The van der Waals surface area contributed by atoms with Crippen LogP contribution >= 0.6 is 0 Å². The Balaban J connectivity index is 1.82. The second-order valence-corrected chi connectivity index (χ2v) is 5.26.